The Balaban J connectivity index is 2.53. The molecule has 0 radical (unpaired) electrons. The molecule has 0 N–H and O–H groups in total. The second-order valence-electron chi connectivity index (χ2n) is 4.66. The average Bonchev–Trinajstić information content (AvgIpc) is 2.44. The predicted octanol–water partition coefficient (Wildman–Crippen LogP) is 4.21. The molecule has 3 heteroatoms. The zero-order chi connectivity index (χ0) is 13.1. The third-order valence-corrected chi connectivity index (χ3v) is 3.83. The van der Waals surface area contributed by atoms with Gasteiger partial charge in [0.25, 0.3) is 0 Å². The van der Waals surface area contributed by atoms with E-state index in [0.29, 0.717) is 11.9 Å². The molecule has 0 saturated carbocycles. The molecule has 0 amide bonds. The third kappa shape index (κ3) is 2.44. The molecule has 0 aliphatic carbocycles. The Labute approximate surface area is 114 Å². The molecule has 2 aromatic rings. The molecule has 0 aliphatic rings. The summed E-state index contributed by atoms with van der Waals surface area (Å²) in [5.41, 5.74) is 2.16. The van der Waals surface area contributed by atoms with Gasteiger partial charge in [-0.15, -0.1) is 11.6 Å². The Bertz CT molecular complexity index is 539. The van der Waals surface area contributed by atoms with Crippen LogP contribution in [0.4, 0.5) is 5.82 Å². The van der Waals surface area contributed by atoms with Gasteiger partial charge in [0.1, 0.15) is 5.82 Å². The van der Waals surface area contributed by atoms with Crippen molar-refractivity contribution in [2.24, 2.45) is 0 Å². The summed E-state index contributed by atoms with van der Waals surface area (Å²) >= 11 is 6.05. The van der Waals surface area contributed by atoms with Gasteiger partial charge in [0, 0.05) is 24.4 Å². The molecule has 0 bridgehead atoms. The number of aromatic nitrogens is 1. The molecule has 1 aromatic heterocycles. The standard InChI is InChI=1S/C15H19ClN2/c1-4-11(2)18(3)15-9-12(10-16)13-7-5-6-8-14(13)17-15/h5-9,11H,4,10H2,1-3H3. The number of pyridine rings is 1. The van der Waals surface area contributed by atoms with Crippen LogP contribution in [0.25, 0.3) is 10.9 Å². The number of benzene rings is 1. The Morgan fingerprint density at radius 2 is 2.06 bits per heavy atom. The number of alkyl halides is 1. The fraction of sp³-hybridized carbons (Fsp3) is 0.400. The third-order valence-electron chi connectivity index (χ3n) is 3.55. The van der Waals surface area contributed by atoms with Gasteiger partial charge in [-0.25, -0.2) is 4.98 Å². The SMILES string of the molecule is CCC(C)N(C)c1cc(CCl)c2ccccc2n1. The summed E-state index contributed by atoms with van der Waals surface area (Å²) in [7, 11) is 2.09. The molecule has 1 heterocycles. The molecule has 2 rings (SSSR count). The molecule has 2 nitrogen and oxygen atoms in total. The highest BCUT2D eigenvalue weighted by atomic mass is 35.5. The first-order valence-electron chi connectivity index (χ1n) is 6.34. The van der Waals surface area contributed by atoms with Crippen LogP contribution in [0.5, 0.6) is 0 Å². The van der Waals surface area contributed by atoms with E-state index in [1.165, 1.54) is 0 Å². The first-order valence-corrected chi connectivity index (χ1v) is 6.88. The summed E-state index contributed by atoms with van der Waals surface area (Å²) in [6.45, 7) is 4.39. The number of hydrogen-bond acceptors (Lipinski definition) is 2. The lowest BCUT2D eigenvalue weighted by Gasteiger charge is -2.25. The van der Waals surface area contributed by atoms with Crippen LogP contribution in [0.2, 0.25) is 0 Å². The van der Waals surface area contributed by atoms with Crippen molar-refractivity contribution in [1.82, 2.24) is 4.98 Å². The van der Waals surface area contributed by atoms with E-state index in [-0.39, 0.29) is 0 Å². The van der Waals surface area contributed by atoms with E-state index in [9.17, 15) is 0 Å². The number of para-hydroxylation sites is 1. The van der Waals surface area contributed by atoms with E-state index in [1.807, 2.05) is 18.2 Å². The van der Waals surface area contributed by atoms with Crippen LogP contribution in [0, 0.1) is 0 Å². The molecule has 18 heavy (non-hydrogen) atoms. The van der Waals surface area contributed by atoms with E-state index in [4.69, 9.17) is 16.6 Å². The Hall–Kier alpha value is -1.28. The summed E-state index contributed by atoms with van der Waals surface area (Å²) in [6, 6.07) is 10.7. The summed E-state index contributed by atoms with van der Waals surface area (Å²) < 4.78 is 0. The van der Waals surface area contributed by atoms with Gasteiger partial charge in [0.05, 0.1) is 5.52 Å². The quantitative estimate of drug-likeness (QED) is 0.768. The highest BCUT2D eigenvalue weighted by Gasteiger charge is 2.12. The average molecular weight is 263 g/mol. The number of anilines is 1. The van der Waals surface area contributed by atoms with Crippen LogP contribution >= 0.6 is 11.6 Å². The van der Waals surface area contributed by atoms with Crippen molar-refractivity contribution in [3.05, 3.63) is 35.9 Å². The van der Waals surface area contributed by atoms with Crippen molar-refractivity contribution in [1.29, 1.82) is 0 Å². The van der Waals surface area contributed by atoms with Crippen LogP contribution in [-0.2, 0) is 5.88 Å². The fourth-order valence-corrected chi connectivity index (χ4v) is 2.24. The first kappa shape index (κ1) is 13.2. The molecule has 0 aliphatic heterocycles. The maximum Gasteiger partial charge on any atom is 0.129 e. The largest absolute Gasteiger partial charge is 0.357 e. The van der Waals surface area contributed by atoms with Crippen LogP contribution in [0.3, 0.4) is 0 Å². The Morgan fingerprint density at radius 1 is 1.33 bits per heavy atom. The monoisotopic (exact) mass is 262 g/mol. The summed E-state index contributed by atoms with van der Waals surface area (Å²) in [4.78, 5) is 6.93. The molecule has 1 aromatic carbocycles. The van der Waals surface area contributed by atoms with Crippen molar-refractivity contribution in [3.63, 3.8) is 0 Å². The lowest BCUT2D eigenvalue weighted by Crippen LogP contribution is -2.28. The first-order chi connectivity index (χ1) is 8.67. The maximum absolute atomic E-state index is 6.05. The topological polar surface area (TPSA) is 16.1 Å². The van der Waals surface area contributed by atoms with E-state index < -0.39 is 0 Å². The van der Waals surface area contributed by atoms with Gasteiger partial charge < -0.3 is 4.90 Å². The minimum atomic E-state index is 0.474. The molecular formula is C15H19ClN2. The van der Waals surface area contributed by atoms with Gasteiger partial charge in [0.15, 0.2) is 0 Å². The minimum absolute atomic E-state index is 0.474. The second-order valence-corrected chi connectivity index (χ2v) is 4.93. The summed E-state index contributed by atoms with van der Waals surface area (Å²) in [5.74, 6) is 1.52. The zero-order valence-corrected chi connectivity index (χ0v) is 11.9. The van der Waals surface area contributed by atoms with Gasteiger partial charge in [0.2, 0.25) is 0 Å². The normalized spacial score (nSPS) is 12.7. The van der Waals surface area contributed by atoms with Crippen LogP contribution in [-0.4, -0.2) is 18.1 Å². The number of halogens is 1. The number of nitrogens with zero attached hydrogens (tertiary/aromatic N) is 2. The lowest BCUT2D eigenvalue weighted by molar-refractivity contribution is 0.658. The van der Waals surface area contributed by atoms with E-state index >= 15 is 0 Å². The summed E-state index contributed by atoms with van der Waals surface area (Å²) in [5, 5.41) is 1.15. The van der Waals surface area contributed by atoms with Gasteiger partial charge in [-0.2, -0.15) is 0 Å². The molecule has 0 fully saturated rings. The van der Waals surface area contributed by atoms with Crippen molar-refractivity contribution >= 4 is 28.3 Å². The Morgan fingerprint density at radius 3 is 2.72 bits per heavy atom. The number of fused-ring (bicyclic) bond motifs is 1. The predicted molar refractivity (Wildman–Crippen MR) is 79.5 cm³/mol. The van der Waals surface area contributed by atoms with Gasteiger partial charge >= 0.3 is 0 Å². The summed E-state index contributed by atoms with van der Waals surface area (Å²) in [6.07, 6.45) is 1.10. The lowest BCUT2D eigenvalue weighted by atomic mass is 10.1. The zero-order valence-electron chi connectivity index (χ0n) is 11.2. The van der Waals surface area contributed by atoms with E-state index in [1.54, 1.807) is 0 Å². The molecular weight excluding hydrogens is 244 g/mol. The molecule has 96 valence electrons. The van der Waals surface area contributed by atoms with E-state index in [0.717, 1.165) is 28.7 Å². The second kappa shape index (κ2) is 5.57. The minimum Gasteiger partial charge on any atom is -0.357 e. The molecule has 1 atom stereocenters. The smallest absolute Gasteiger partial charge is 0.129 e. The number of rotatable bonds is 4. The van der Waals surface area contributed by atoms with Gasteiger partial charge in [-0.1, -0.05) is 25.1 Å². The highest BCUT2D eigenvalue weighted by Crippen LogP contribution is 2.24. The van der Waals surface area contributed by atoms with Crippen molar-refractivity contribution in [2.45, 2.75) is 32.2 Å². The molecule has 0 spiro atoms. The van der Waals surface area contributed by atoms with Crippen LogP contribution in [0.1, 0.15) is 25.8 Å². The number of hydrogen-bond donors (Lipinski definition) is 0. The fourth-order valence-electron chi connectivity index (χ4n) is 2.02. The molecule has 1 unspecified atom stereocenters. The highest BCUT2D eigenvalue weighted by molar-refractivity contribution is 6.18. The van der Waals surface area contributed by atoms with Crippen LogP contribution < -0.4 is 4.90 Å². The van der Waals surface area contributed by atoms with Crippen molar-refractivity contribution < 1.29 is 0 Å². The van der Waals surface area contributed by atoms with Gasteiger partial charge in [-0.05, 0) is 31.0 Å². The molecule has 0 saturated heterocycles. The van der Waals surface area contributed by atoms with Gasteiger partial charge in [-0.3, -0.25) is 0 Å². The van der Waals surface area contributed by atoms with Crippen molar-refractivity contribution in [3.8, 4) is 0 Å². The van der Waals surface area contributed by atoms with Crippen LogP contribution in [0.15, 0.2) is 30.3 Å². The maximum atomic E-state index is 6.05. The van der Waals surface area contributed by atoms with Crippen molar-refractivity contribution in [2.75, 3.05) is 11.9 Å². The Kier molecular flexibility index (Phi) is 4.07. The van der Waals surface area contributed by atoms with E-state index in [2.05, 4.69) is 37.9 Å².